The zero-order valence-electron chi connectivity index (χ0n) is 30.3. The van der Waals surface area contributed by atoms with Crippen molar-refractivity contribution in [3.8, 4) is 11.5 Å². The Bertz CT molecular complexity index is 2260. The monoisotopic (exact) mass is 1190 g/mol. The van der Waals surface area contributed by atoms with Crippen LogP contribution in [0.2, 0.25) is 0 Å². The number of hydrogen-bond donors (Lipinski definition) is 0. The van der Waals surface area contributed by atoms with Crippen LogP contribution >= 0.6 is 7.81 Å². The molecule has 6 rings (SSSR count). The minimum absolute atomic E-state index is 0. The third-order valence-electron chi connectivity index (χ3n) is 6.63. The number of ether oxygens (including phenoxy) is 2. The van der Waals surface area contributed by atoms with Crippen molar-refractivity contribution in [1.82, 2.24) is 0 Å². The van der Waals surface area contributed by atoms with E-state index in [1.807, 2.05) is 88.4 Å². The summed E-state index contributed by atoms with van der Waals surface area (Å²) in [5.74, 6) is 1.45. The zero-order valence-corrected chi connectivity index (χ0v) is 38.0. The fourth-order valence-electron chi connectivity index (χ4n) is 4.53. The van der Waals surface area contributed by atoms with Gasteiger partial charge in [0.2, 0.25) is 0 Å². The minimum atomic E-state index is -10.7. The summed E-state index contributed by atoms with van der Waals surface area (Å²) < 4.78 is 135. The molecule has 0 fully saturated rings. The fourth-order valence-corrected chi connectivity index (χ4v) is 9.38. The van der Waals surface area contributed by atoms with Gasteiger partial charge in [-0.1, -0.05) is 36.4 Å². The van der Waals surface area contributed by atoms with E-state index in [0.717, 1.165) is 40.5 Å². The molecule has 58 heavy (non-hydrogen) atoms. The molecule has 0 bridgehead atoms. The Kier molecular flexibility index (Phi) is 17.1. The zero-order chi connectivity index (χ0) is 42.9. The second kappa shape index (κ2) is 19.4. The Morgan fingerprint density at radius 1 is 0.569 bits per heavy atom. The van der Waals surface area contributed by atoms with Crippen LogP contribution in [0.25, 0.3) is 21.9 Å². The Labute approximate surface area is 347 Å². The number of halogens is 14. The van der Waals surface area contributed by atoms with Crippen LogP contribution < -0.4 is 67.8 Å². The molecule has 6 nitrogen and oxygen atoms in total. The fraction of sp³-hybridized carbons (Fsp3) is 0.167. The van der Waals surface area contributed by atoms with E-state index in [2.05, 4.69) is 24.3 Å². The van der Waals surface area contributed by atoms with E-state index in [-0.39, 0.29) is 16.0 Å². The van der Waals surface area contributed by atoms with Gasteiger partial charge in [0, 0.05) is 34.0 Å². The molecule has 0 saturated carbocycles. The van der Waals surface area contributed by atoms with Gasteiger partial charge in [0.1, 0.15) is 22.7 Å². The van der Waals surface area contributed by atoms with E-state index >= 15 is 0 Å². The molecule has 0 aliphatic rings. The molecule has 0 N–H and O–H groups in total. The maximum atomic E-state index is 12.3. The summed E-state index contributed by atoms with van der Waals surface area (Å²) in [5, 5.41) is 1.96. The number of benzene rings is 4. The Hall–Kier alpha value is -3.23. The SMILES string of the molecule is CCOc1ccc2c(C)c([I+]c3ccccc3)c(=O)oc2c1.CCOc1ccc2c(C)c([I+]c3ccccc3)c(=O)oc2c1.F[P-](F)(F)(F)(F)F.[F-].[F][Sb]([F])([F])([F])[F]. The molecule has 0 unspecified atom stereocenters. The number of hydrogen-bond acceptors (Lipinski definition) is 6. The van der Waals surface area contributed by atoms with E-state index in [9.17, 15) is 48.8 Å². The molecule has 6 aromatic rings. The van der Waals surface area contributed by atoms with Gasteiger partial charge in [0.25, 0.3) is 7.14 Å². The van der Waals surface area contributed by atoms with Gasteiger partial charge in [0.15, 0.2) is 7.14 Å². The van der Waals surface area contributed by atoms with Gasteiger partial charge < -0.3 is 23.0 Å². The summed E-state index contributed by atoms with van der Waals surface area (Å²) >= 11 is -10.3. The molecule has 0 amide bonds. The molecule has 2 heterocycles. The maximum absolute atomic E-state index is 12.3. The Balaban J connectivity index is 0.000000304. The van der Waals surface area contributed by atoms with Gasteiger partial charge in [-0.15, -0.1) is 0 Å². The van der Waals surface area contributed by atoms with Gasteiger partial charge in [0.05, 0.1) is 13.2 Å². The molecular formula is C36H32F12I2O6PSb. The van der Waals surface area contributed by atoms with E-state index in [1.165, 1.54) is 7.14 Å². The summed E-state index contributed by atoms with van der Waals surface area (Å²) in [4.78, 5) is 24.7. The molecule has 0 aliphatic carbocycles. The summed E-state index contributed by atoms with van der Waals surface area (Å²) in [7, 11) is -10.7. The normalized spacial score (nSPS) is 13.0. The first-order valence-electron chi connectivity index (χ1n) is 16.0. The number of rotatable bonds is 8. The van der Waals surface area contributed by atoms with Crippen LogP contribution in [0.1, 0.15) is 25.0 Å². The van der Waals surface area contributed by atoms with Crippen LogP contribution in [0, 0.1) is 28.1 Å². The molecule has 2 aromatic heterocycles. The van der Waals surface area contributed by atoms with E-state index in [4.69, 9.17) is 18.3 Å². The summed E-state index contributed by atoms with van der Waals surface area (Å²) in [6.45, 7) is 9.03. The Morgan fingerprint density at radius 3 is 1.14 bits per heavy atom. The van der Waals surface area contributed by atoms with Crippen LogP contribution in [0.4, 0.5) is 39.2 Å². The van der Waals surface area contributed by atoms with Gasteiger partial charge in [-0.25, -0.2) is 9.59 Å². The van der Waals surface area contributed by atoms with Crippen LogP contribution in [0.15, 0.2) is 115 Å². The third kappa shape index (κ3) is 19.7. The average Bonchev–Trinajstić information content (AvgIpc) is 3.07. The predicted octanol–water partition coefficient (Wildman–Crippen LogP) is 3.36. The van der Waals surface area contributed by atoms with E-state index in [1.54, 1.807) is 12.1 Å². The summed E-state index contributed by atoms with van der Waals surface area (Å²) in [5.41, 5.74) is 2.77. The second-order valence-electron chi connectivity index (χ2n) is 11.2. The van der Waals surface area contributed by atoms with Gasteiger partial charge in [-0.3, -0.25) is 0 Å². The quantitative estimate of drug-likeness (QED) is 0.0767. The number of aryl methyl sites for hydroxylation is 2. The third-order valence-corrected chi connectivity index (χ3v) is 12.9. The molecule has 0 spiro atoms. The first kappa shape index (κ1) is 50.9. The first-order chi connectivity index (χ1) is 26.1. The molecule has 0 atom stereocenters. The van der Waals surface area contributed by atoms with Crippen molar-refractivity contribution < 1.29 is 105 Å². The average molecular weight is 1200 g/mol. The van der Waals surface area contributed by atoms with Gasteiger partial charge >= 0.3 is 121 Å². The molecule has 0 saturated heterocycles. The van der Waals surface area contributed by atoms with E-state index < -0.39 is 70.5 Å². The van der Waals surface area contributed by atoms with E-state index in [0.29, 0.717) is 24.4 Å². The molecule has 320 valence electrons. The Morgan fingerprint density at radius 2 is 0.862 bits per heavy atom. The topological polar surface area (TPSA) is 78.9 Å². The molecule has 0 aliphatic heterocycles. The van der Waals surface area contributed by atoms with Crippen LogP contribution in [-0.2, 0) is 0 Å². The van der Waals surface area contributed by atoms with Gasteiger partial charge in [-0.2, -0.15) is 0 Å². The molecule has 22 heteroatoms. The van der Waals surface area contributed by atoms with Crippen LogP contribution in [-0.4, -0.2) is 33.5 Å². The predicted molar refractivity (Wildman–Crippen MR) is 189 cm³/mol. The van der Waals surface area contributed by atoms with Crippen molar-refractivity contribution in [2.24, 2.45) is 0 Å². The van der Waals surface area contributed by atoms with Crippen molar-refractivity contribution in [3.63, 3.8) is 0 Å². The second-order valence-corrected chi connectivity index (χ2v) is 22.5. The summed E-state index contributed by atoms with van der Waals surface area (Å²) in [6.07, 6.45) is 0. The van der Waals surface area contributed by atoms with Crippen molar-refractivity contribution >= 4 is 50.0 Å². The first-order valence-corrected chi connectivity index (χ1v) is 27.2. The summed E-state index contributed by atoms with van der Waals surface area (Å²) in [6, 6.07) is 31.6. The van der Waals surface area contributed by atoms with Crippen molar-refractivity contribution in [1.29, 1.82) is 0 Å². The van der Waals surface area contributed by atoms with Gasteiger partial charge in [-0.05, 0) is 76.2 Å². The van der Waals surface area contributed by atoms with Crippen molar-refractivity contribution in [3.05, 3.63) is 143 Å². The molecule has 0 radical (unpaired) electrons. The number of fused-ring (bicyclic) bond motifs is 2. The molecular weight excluding hydrogens is 1160 g/mol. The van der Waals surface area contributed by atoms with Crippen LogP contribution in [0.5, 0.6) is 11.5 Å². The van der Waals surface area contributed by atoms with Crippen molar-refractivity contribution in [2.45, 2.75) is 27.7 Å². The standard InChI is InChI=1S/2C18H16IO3.F6P.6FH.Sb/c2*1-3-21-14-9-10-15-12(2)17(18(20)22-16(15)11-14)19-13-7-5-4-6-8-13;1-7(2,3,4,5)6;;;;;;;/h2*4-11H,3H2,1-2H3;;6*1H;/q2*+1;-1;;;;;;;+5/p-6. The van der Waals surface area contributed by atoms with Crippen molar-refractivity contribution in [2.75, 3.05) is 13.2 Å². The molecule has 4 aromatic carbocycles. The van der Waals surface area contributed by atoms with Crippen LogP contribution in [0.3, 0.4) is 0 Å².